The van der Waals surface area contributed by atoms with Crippen molar-refractivity contribution in [2.45, 2.75) is 18.4 Å². The monoisotopic (exact) mass is 312 g/mol. The lowest BCUT2D eigenvalue weighted by atomic mass is 9.94. The summed E-state index contributed by atoms with van der Waals surface area (Å²) < 4.78 is 0. The second-order valence-electron chi connectivity index (χ2n) is 4.71. The smallest absolute Gasteiger partial charge is 0.0991 e. The molecule has 1 aliphatic rings. The number of benzene rings is 2. The second-order valence-corrected chi connectivity index (χ2v) is 5.27. The molecule has 0 saturated heterocycles. The van der Waals surface area contributed by atoms with Crippen LogP contribution < -0.4 is 5.32 Å². The average molecular weight is 313 g/mol. The van der Waals surface area contributed by atoms with E-state index in [1.165, 1.54) is 27.8 Å². The van der Waals surface area contributed by atoms with E-state index in [1.54, 1.807) is 0 Å². The molecule has 2 aromatic carbocycles. The molecular weight excluding hydrogens is 300 g/mol. The average Bonchev–Trinajstić information content (AvgIpc) is 2.94. The van der Waals surface area contributed by atoms with Gasteiger partial charge in [-0.05, 0) is 46.0 Å². The largest absolute Gasteiger partial charge is 0.309 e. The van der Waals surface area contributed by atoms with E-state index >= 15 is 0 Å². The normalized spacial score (nSPS) is 13.1. The quantitative estimate of drug-likeness (QED) is 0.858. The first-order valence-corrected chi connectivity index (χ1v) is 7.36. The van der Waals surface area contributed by atoms with Crippen LogP contribution in [0.25, 0.3) is 11.1 Å². The minimum absolute atomic E-state index is 0.704. The minimum atomic E-state index is 0.704. The fourth-order valence-electron chi connectivity index (χ4n) is 2.55. The van der Waals surface area contributed by atoms with Crippen molar-refractivity contribution in [3.8, 4) is 17.2 Å². The Morgan fingerprint density at radius 1 is 1.16 bits per heavy atom. The summed E-state index contributed by atoms with van der Waals surface area (Å²) in [6.07, 6.45) is 0. The van der Waals surface area contributed by atoms with Crippen LogP contribution in [-0.4, -0.2) is 0 Å². The van der Waals surface area contributed by atoms with Crippen LogP contribution in [0.15, 0.2) is 36.4 Å². The standard InChI is InChI=1S/C16H13BrN2/c17-7-12-5-14-9-19-10-16(14)15(6-12)13-3-1-11(8-18)2-4-13/h1-6,19H,7,9-10H2. The highest BCUT2D eigenvalue weighted by Crippen LogP contribution is 2.31. The molecule has 2 nitrogen and oxygen atoms in total. The third kappa shape index (κ3) is 2.30. The summed E-state index contributed by atoms with van der Waals surface area (Å²) in [6, 6.07) is 14.5. The lowest BCUT2D eigenvalue weighted by Gasteiger charge is -2.11. The molecule has 0 aliphatic carbocycles. The van der Waals surface area contributed by atoms with Crippen molar-refractivity contribution < 1.29 is 0 Å². The molecule has 0 unspecified atom stereocenters. The zero-order chi connectivity index (χ0) is 13.2. The zero-order valence-corrected chi connectivity index (χ0v) is 12.0. The Balaban J connectivity index is 2.13. The van der Waals surface area contributed by atoms with Gasteiger partial charge < -0.3 is 5.32 Å². The van der Waals surface area contributed by atoms with Crippen molar-refractivity contribution in [1.82, 2.24) is 5.32 Å². The van der Waals surface area contributed by atoms with Crippen LogP contribution >= 0.6 is 15.9 Å². The number of hydrogen-bond acceptors (Lipinski definition) is 2. The van der Waals surface area contributed by atoms with Gasteiger partial charge in [0.05, 0.1) is 11.6 Å². The molecule has 19 heavy (non-hydrogen) atoms. The van der Waals surface area contributed by atoms with Crippen molar-refractivity contribution >= 4 is 15.9 Å². The number of nitrogens with one attached hydrogen (secondary N) is 1. The van der Waals surface area contributed by atoms with Crippen LogP contribution in [0.1, 0.15) is 22.3 Å². The van der Waals surface area contributed by atoms with E-state index in [-0.39, 0.29) is 0 Å². The summed E-state index contributed by atoms with van der Waals surface area (Å²) in [4.78, 5) is 0. The third-order valence-electron chi connectivity index (χ3n) is 3.50. The van der Waals surface area contributed by atoms with Crippen LogP contribution in [0, 0.1) is 11.3 Å². The zero-order valence-electron chi connectivity index (χ0n) is 10.4. The first kappa shape index (κ1) is 12.4. The summed E-state index contributed by atoms with van der Waals surface area (Å²) in [5, 5.41) is 13.1. The maximum Gasteiger partial charge on any atom is 0.0991 e. The SMILES string of the molecule is N#Cc1ccc(-c2cc(CBr)cc3c2CNC3)cc1. The van der Waals surface area contributed by atoms with Crippen molar-refractivity contribution in [1.29, 1.82) is 5.26 Å². The van der Waals surface area contributed by atoms with Crippen LogP contribution in [0.2, 0.25) is 0 Å². The van der Waals surface area contributed by atoms with E-state index in [2.05, 4.69) is 39.4 Å². The molecule has 0 atom stereocenters. The Morgan fingerprint density at radius 3 is 2.63 bits per heavy atom. The van der Waals surface area contributed by atoms with Gasteiger partial charge >= 0.3 is 0 Å². The Bertz CT molecular complexity index is 654. The lowest BCUT2D eigenvalue weighted by molar-refractivity contribution is 0.765. The number of halogens is 1. The topological polar surface area (TPSA) is 35.8 Å². The molecule has 0 spiro atoms. The molecule has 3 rings (SSSR count). The van der Waals surface area contributed by atoms with Crippen molar-refractivity contribution in [2.75, 3.05) is 0 Å². The van der Waals surface area contributed by atoms with Crippen LogP contribution in [0.4, 0.5) is 0 Å². The van der Waals surface area contributed by atoms with E-state index < -0.39 is 0 Å². The predicted molar refractivity (Wildman–Crippen MR) is 79.8 cm³/mol. The maximum atomic E-state index is 8.87. The highest BCUT2D eigenvalue weighted by molar-refractivity contribution is 9.08. The minimum Gasteiger partial charge on any atom is -0.309 e. The van der Waals surface area contributed by atoms with Gasteiger partial charge in [0.2, 0.25) is 0 Å². The van der Waals surface area contributed by atoms with Gasteiger partial charge in [0, 0.05) is 18.4 Å². The molecule has 1 aliphatic heterocycles. The number of alkyl halides is 1. The molecule has 0 fully saturated rings. The highest BCUT2D eigenvalue weighted by Gasteiger charge is 2.16. The number of rotatable bonds is 2. The van der Waals surface area contributed by atoms with Crippen molar-refractivity contribution in [3.63, 3.8) is 0 Å². The van der Waals surface area contributed by atoms with Crippen LogP contribution in [-0.2, 0) is 18.4 Å². The molecular formula is C16H13BrN2. The van der Waals surface area contributed by atoms with Crippen molar-refractivity contribution in [2.24, 2.45) is 0 Å². The number of fused-ring (bicyclic) bond motifs is 1. The molecule has 1 heterocycles. The number of hydrogen-bond donors (Lipinski definition) is 1. The fourth-order valence-corrected chi connectivity index (χ4v) is 2.87. The second kappa shape index (κ2) is 5.16. The number of nitriles is 1. The van der Waals surface area contributed by atoms with E-state index in [9.17, 15) is 0 Å². The summed E-state index contributed by atoms with van der Waals surface area (Å²) in [6.45, 7) is 1.87. The van der Waals surface area contributed by atoms with Crippen LogP contribution in [0.3, 0.4) is 0 Å². The van der Waals surface area contributed by atoms with E-state index in [4.69, 9.17) is 5.26 Å². The van der Waals surface area contributed by atoms with E-state index in [0.717, 1.165) is 18.4 Å². The Hall–Kier alpha value is -1.63. The van der Waals surface area contributed by atoms with Gasteiger partial charge in [0.1, 0.15) is 0 Å². The molecule has 0 bridgehead atoms. The molecule has 0 aromatic heterocycles. The lowest BCUT2D eigenvalue weighted by Crippen LogP contribution is -2.00. The molecule has 1 N–H and O–H groups in total. The van der Waals surface area contributed by atoms with E-state index in [0.29, 0.717) is 5.56 Å². The summed E-state index contributed by atoms with van der Waals surface area (Å²) in [5.74, 6) is 0. The van der Waals surface area contributed by atoms with Gasteiger partial charge in [0.25, 0.3) is 0 Å². The molecule has 0 amide bonds. The van der Waals surface area contributed by atoms with Gasteiger partial charge in [-0.15, -0.1) is 0 Å². The number of nitrogens with zero attached hydrogens (tertiary/aromatic N) is 1. The Morgan fingerprint density at radius 2 is 1.95 bits per heavy atom. The summed E-state index contributed by atoms with van der Waals surface area (Å²) >= 11 is 3.53. The first-order valence-electron chi connectivity index (χ1n) is 6.23. The van der Waals surface area contributed by atoms with Gasteiger partial charge in [0.15, 0.2) is 0 Å². The molecule has 94 valence electrons. The van der Waals surface area contributed by atoms with Crippen molar-refractivity contribution in [3.05, 3.63) is 58.7 Å². The van der Waals surface area contributed by atoms with Gasteiger partial charge in [-0.2, -0.15) is 5.26 Å². The first-order chi connectivity index (χ1) is 9.31. The van der Waals surface area contributed by atoms with Gasteiger partial charge in [-0.3, -0.25) is 0 Å². The molecule has 3 heteroatoms. The highest BCUT2D eigenvalue weighted by atomic mass is 79.9. The third-order valence-corrected chi connectivity index (χ3v) is 4.15. The molecule has 0 radical (unpaired) electrons. The predicted octanol–water partition coefficient (Wildman–Crippen LogP) is 3.72. The van der Waals surface area contributed by atoms with Crippen LogP contribution in [0.5, 0.6) is 0 Å². The maximum absolute atomic E-state index is 8.87. The molecule has 2 aromatic rings. The fraction of sp³-hybridized carbons (Fsp3) is 0.188. The Kier molecular flexibility index (Phi) is 3.37. The van der Waals surface area contributed by atoms with E-state index in [1.807, 2.05) is 24.3 Å². The Labute approximate surface area is 121 Å². The summed E-state index contributed by atoms with van der Waals surface area (Å²) in [7, 11) is 0. The van der Waals surface area contributed by atoms with Gasteiger partial charge in [-0.25, -0.2) is 0 Å². The summed E-state index contributed by atoms with van der Waals surface area (Å²) in [5.41, 5.74) is 7.23. The molecule has 0 saturated carbocycles. The van der Waals surface area contributed by atoms with Gasteiger partial charge in [-0.1, -0.05) is 34.1 Å².